The Balaban J connectivity index is 1.23. The quantitative estimate of drug-likeness (QED) is 0.551. The molecule has 0 atom stereocenters. The number of H-pyrrole nitrogens is 1. The number of nitrogens with zero attached hydrogens (tertiary/aromatic N) is 1. The van der Waals surface area contributed by atoms with Crippen molar-refractivity contribution >= 4 is 28.4 Å². The number of nitrogens with one attached hydrogen (secondary N) is 3. The third kappa shape index (κ3) is 5.38. The van der Waals surface area contributed by atoms with Crippen LogP contribution in [0.3, 0.4) is 0 Å². The van der Waals surface area contributed by atoms with E-state index in [1.165, 1.54) is 12.1 Å². The average Bonchev–Trinajstić information content (AvgIpc) is 2.78. The van der Waals surface area contributed by atoms with Gasteiger partial charge < -0.3 is 15.6 Å². The summed E-state index contributed by atoms with van der Waals surface area (Å²) in [5.41, 5.74) is 0.855. The minimum atomic E-state index is -0.391. The zero-order valence-electron chi connectivity index (χ0n) is 17.6. The molecule has 1 saturated carbocycles. The van der Waals surface area contributed by atoms with Gasteiger partial charge in [0.2, 0.25) is 11.8 Å². The maximum atomic E-state index is 13.3. The number of fused-ring (bicyclic) bond motifs is 1. The number of aryl methyl sites for hydroxylation is 1. The summed E-state index contributed by atoms with van der Waals surface area (Å²) >= 11 is 0. The van der Waals surface area contributed by atoms with Crippen molar-refractivity contribution in [3.05, 3.63) is 70.5 Å². The van der Waals surface area contributed by atoms with Crippen LogP contribution in [0.1, 0.15) is 37.9 Å². The highest BCUT2D eigenvalue weighted by atomic mass is 19.1. The molecule has 0 unspecified atom stereocenters. The van der Waals surface area contributed by atoms with Crippen molar-refractivity contribution in [1.29, 1.82) is 0 Å². The van der Waals surface area contributed by atoms with E-state index in [2.05, 4.69) is 20.6 Å². The Kier molecular flexibility index (Phi) is 6.58. The molecule has 0 aliphatic heterocycles. The molecule has 1 fully saturated rings. The molecule has 3 N–H and O–H groups in total. The Morgan fingerprint density at radius 3 is 2.62 bits per heavy atom. The van der Waals surface area contributed by atoms with Gasteiger partial charge in [-0.2, -0.15) is 0 Å². The largest absolute Gasteiger partial charge is 0.353 e. The van der Waals surface area contributed by atoms with Crippen LogP contribution in [0.4, 0.5) is 10.1 Å². The molecule has 7 nitrogen and oxygen atoms in total. The summed E-state index contributed by atoms with van der Waals surface area (Å²) in [5, 5.41) is 6.31. The van der Waals surface area contributed by atoms with Crippen molar-refractivity contribution in [2.24, 2.45) is 5.92 Å². The molecule has 0 saturated heterocycles. The van der Waals surface area contributed by atoms with Gasteiger partial charge in [-0.15, -0.1) is 0 Å². The molecule has 2 aromatic carbocycles. The number of hydrogen-bond acceptors (Lipinski definition) is 4. The lowest BCUT2D eigenvalue weighted by molar-refractivity contribution is -0.122. The standard InChI is InChI=1S/C24H25FN4O3/c25-16-4-3-5-18(14-16)27-23(31)15-8-10-17(11-9-15)26-22(30)13-12-21-28-20-7-2-1-6-19(20)24(32)29-21/h1-7,14-15,17H,8-13H2,(H,26,30)(H,27,31)(H,28,29,32). The van der Waals surface area contributed by atoms with Crippen molar-refractivity contribution < 1.29 is 14.0 Å². The van der Waals surface area contributed by atoms with Gasteiger partial charge >= 0.3 is 0 Å². The van der Waals surface area contributed by atoms with Crippen molar-refractivity contribution in [1.82, 2.24) is 15.3 Å². The third-order valence-electron chi connectivity index (χ3n) is 5.81. The van der Waals surface area contributed by atoms with E-state index < -0.39 is 5.82 Å². The van der Waals surface area contributed by atoms with Crippen LogP contribution in [0.2, 0.25) is 0 Å². The van der Waals surface area contributed by atoms with Gasteiger partial charge in [-0.25, -0.2) is 9.37 Å². The maximum Gasteiger partial charge on any atom is 0.258 e. The molecular formula is C24H25FN4O3. The minimum absolute atomic E-state index is 0.0179. The van der Waals surface area contributed by atoms with Gasteiger partial charge in [-0.05, 0) is 56.0 Å². The zero-order chi connectivity index (χ0) is 22.5. The monoisotopic (exact) mass is 436 g/mol. The molecule has 8 heteroatoms. The lowest BCUT2D eigenvalue weighted by Crippen LogP contribution is -2.39. The Hall–Kier alpha value is -3.55. The highest BCUT2D eigenvalue weighted by Crippen LogP contribution is 2.26. The zero-order valence-corrected chi connectivity index (χ0v) is 17.6. The molecule has 4 rings (SSSR count). The number of rotatable bonds is 6. The molecule has 1 aromatic heterocycles. The Bertz CT molecular complexity index is 1190. The predicted molar refractivity (Wildman–Crippen MR) is 120 cm³/mol. The second-order valence-electron chi connectivity index (χ2n) is 8.15. The van der Waals surface area contributed by atoms with Crippen LogP contribution >= 0.6 is 0 Å². The molecule has 166 valence electrons. The Morgan fingerprint density at radius 2 is 1.84 bits per heavy atom. The number of amides is 2. The Labute approximate surface area is 184 Å². The number of carbonyl (C=O) groups excluding carboxylic acids is 2. The molecule has 1 aliphatic carbocycles. The highest BCUT2D eigenvalue weighted by molar-refractivity contribution is 5.92. The van der Waals surface area contributed by atoms with Crippen LogP contribution in [-0.4, -0.2) is 27.8 Å². The van der Waals surface area contributed by atoms with Crippen molar-refractivity contribution in [3.8, 4) is 0 Å². The molecule has 1 heterocycles. The van der Waals surface area contributed by atoms with Crippen LogP contribution in [0, 0.1) is 11.7 Å². The fourth-order valence-corrected chi connectivity index (χ4v) is 4.10. The first-order valence-corrected chi connectivity index (χ1v) is 10.8. The number of carbonyl (C=O) groups is 2. The summed E-state index contributed by atoms with van der Waals surface area (Å²) in [5.74, 6) is -0.280. The summed E-state index contributed by atoms with van der Waals surface area (Å²) in [6.07, 6.45) is 3.30. The van der Waals surface area contributed by atoms with E-state index in [9.17, 15) is 18.8 Å². The van der Waals surface area contributed by atoms with Gasteiger partial charge in [0.15, 0.2) is 0 Å². The van der Waals surface area contributed by atoms with Crippen LogP contribution in [0.25, 0.3) is 10.9 Å². The number of aromatic amines is 1. The molecule has 0 radical (unpaired) electrons. The van der Waals surface area contributed by atoms with Crippen molar-refractivity contribution in [2.75, 3.05) is 5.32 Å². The smallest absolute Gasteiger partial charge is 0.258 e. The molecule has 0 bridgehead atoms. The first-order chi connectivity index (χ1) is 15.5. The Morgan fingerprint density at radius 1 is 1.06 bits per heavy atom. The fraction of sp³-hybridized carbons (Fsp3) is 0.333. The van der Waals surface area contributed by atoms with Crippen LogP contribution < -0.4 is 16.2 Å². The van der Waals surface area contributed by atoms with Crippen LogP contribution in [-0.2, 0) is 16.0 Å². The van der Waals surface area contributed by atoms with Gasteiger partial charge in [-0.1, -0.05) is 18.2 Å². The average molecular weight is 436 g/mol. The van der Waals surface area contributed by atoms with Crippen LogP contribution in [0.15, 0.2) is 53.3 Å². The molecule has 1 aliphatic rings. The summed E-state index contributed by atoms with van der Waals surface area (Å²) in [6.45, 7) is 0. The number of para-hydroxylation sites is 1. The van der Waals surface area contributed by atoms with E-state index in [1.54, 1.807) is 30.3 Å². The highest BCUT2D eigenvalue weighted by Gasteiger charge is 2.27. The van der Waals surface area contributed by atoms with Gasteiger partial charge in [0.05, 0.1) is 10.9 Å². The number of hydrogen-bond donors (Lipinski definition) is 3. The first kappa shape index (κ1) is 21.7. The lowest BCUT2D eigenvalue weighted by atomic mass is 9.85. The van der Waals surface area contributed by atoms with Gasteiger partial charge in [0.25, 0.3) is 5.56 Å². The van der Waals surface area contributed by atoms with Gasteiger partial charge in [0, 0.05) is 30.5 Å². The second-order valence-corrected chi connectivity index (χ2v) is 8.15. The third-order valence-corrected chi connectivity index (χ3v) is 5.81. The number of halogens is 1. The lowest BCUT2D eigenvalue weighted by Gasteiger charge is -2.28. The first-order valence-electron chi connectivity index (χ1n) is 10.8. The second kappa shape index (κ2) is 9.72. The minimum Gasteiger partial charge on any atom is -0.353 e. The van der Waals surface area contributed by atoms with E-state index in [0.29, 0.717) is 54.5 Å². The predicted octanol–water partition coefficient (Wildman–Crippen LogP) is 3.31. The van der Waals surface area contributed by atoms with E-state index in [1.807, 2.05) is 6.07 Å². The van der Waals surface area contributed by atoms with Crippen LogP contribution in [0.5, 0.6) is 0 Å². The number of anilines is 1. The normalized spacial score (nSPS) is 18.3. The molecular weight excluding hydrogens is 411 g/mol. The SMILES string of the molecule is O=C(CCc1nc2ccccc2c(=O)[nH]1)NC1CCC(C(=O)Nc2cccc(F)c2)CC1. The van der Waals surface area contributed by atoms with Crippen molar-refractivity contribution in [3.63, 3.8) is 0 Å². The topological polar surface area (TPSA) is 104 Å². The van der Waals surface area contributed by atoms with E-state index in [0.717, 1.165) is 0 Å². The van der Waals surface area contributed by atoms with Gasteiger partial charge in [0.1, 0.15) is 11.6 Å². The maximum absolute atomic E-state index is 13.3. The summed E-state index contributed by atoms with van der Waals surface area (Å²) in [4.78, 5) is 44.1. The summed E-state index contributed by atoms with van der Waals surface area (Å²) in [7, 11) is 0. The molecule has 0 spiro atoms. The molecule has 32 heavy (non-hydrogen) atoms. The molecule has 2 amide bonds. The number of aromatic nitrogens is 2. The molecule has 3 aromatic rings. The van der Waals surface area contributed by atoms with E-state index in [4.69, 9.17) is 0 Å². The van der Waals surface area contributed by atoms with E-state index in [-0.39, 0.29) is 35.8 Å². The summed E-state index contributed by atoms with van der Waals surface area (Å²) < 4.78 is 13.3. The van der Waals surface area contributed by atoms with Gasteiger partial charge in [-0.3, -0.25) is 14.4 Å². The van der Waals surface area contributed by atoms with E-state index >= 15 is 0 Å². The fourth-order valence-electron chi connectivity index (χ4n) is 4.10. The van der Waals surface area contributed by atoms with Crippen molar-refractivity contribution in [2.45, 2.75) is 44.6 Å². The number of benzene rings is 2. The summed E-state index contributed by atoms with van der Waals surface area (Å²) in [6, 6.07) is 12.9.